The van der Waals surface area contributed by atoms with Crippen molar-refractivity contribution in [3.05, 3.63) is 41.9 Å². The van der Waals surface area contributed by atoms with Gasteiger partial charge in [-0.25, -0.2) is 4.98 Å². The molecule has 0 aromatic carbocycles. The van der Waals surface area contributed by atoms with Gasteiger partial charge in [-0.15, -0.1) is 0 Å². The van der Waals surface area contributed by atoms with Crippen LogP contribution in [-0.2, 0) is 17.8 Å². The zero-order valence-corrected chi connectivity index (χ0v) is 16.6. The number of nitrogens with zero attached hydrogens (tertiary/aromatic N) is 5. The highest BCUT2D eigenvalue weighted by Gasteiger charge is 2.23. The number of hydrogen-bond acceptors (Lipinski definition) is 5. The van der Waals surface area contributed by atoms with Crippen LogP contribution in [0.5, 0.6) is 0 Å². The minimum absolute atomic E-state index is 0.0513. The summed E-state index contributed by atoms with van der Waals surface area (Å²) in [6, 6.07) is 7.65. The molecule has 28 heavy (non-hydrogen) atoms. The number of aryl methyl sites for hydroxylation is 2. The molecule has 1 aliphatic heterocycles. The van der Waals surface area contributed by atoms with E-state index in [9.17, 15) is 9.59 Å². The third-order valence-electron chi connectivity index (χ3n) is 4.92. The van der Waals surface area contributed by atoms with Gasteiger partial charge in [0.1, 0.15) is 18.1 Å². The molecule has 2 amide bonds. The molecule has 1 N–H and O–H groups in total. The Morgan fingerprint density at radius 1 is 1.21 bits per heavy atom. The Kier molecular flexibility index (Phi) is 6.62. The summed E-state index contributed by atoms with van der Waals surface area (Å²) in [5.41, 5.74) is 1.50. The van der Waals surface area contributed by atoms with Gasteiger partial charge < -0.3 is 15.1 Å². The number of amides is 2. The predicted molar refractivity (Wildman–Crippen MR) is 107 cm³/mol. The lowest BCUT2D eigenvalue weighted by Crippen LogP contribution is -2.43. The molecule has 8 heteroatoms. The first-order valence-corrected chi connectivity index (χ1v) is 9.83. The molecule has 3 rings (SSSR count). The smallest absolute Gasteiger partial charge is 0.272 e. The van der Waals surface area contributed by atoms with Gasteiger partial charge in [-0.2, -0.15) is 5.10 Å². The molecule has 0 saturated heterocycles. The number of hydrogen-bond donors (Lipinski definition) is 1. The average molecular weight is 384 g/mol. The summed E-state index contributed by atoms with van der Waals surface area (Å²) in [5.74, 6) is 0.643. The van der Waals surface area contributed by atoms with Crippen LogP contribution >= 0.6 is 0 Å². The van der Waals surface area contributed by atoms with Gasteiger partial charge in [-0.05, 0) is 44.4 Å². The van der Waals surface area contributed by atoms with Crippen LogP contribution in [0.15, 0.2) is 30.5 Å². The van der Waals surface area contributed by atoms with Gasteiger partial charge in [0, 0.05) is 45.1 Å². The first kappa shape index (κ1) is 19.9. The molecule has 0 unspecified atom stereocenters. The molecule has 0 atom stereocenters. The summed E-state index contributed by atoms with van der Waals surface area (Å²) in [4.78, 5) is 33.7. The lowest BCUT2D eigenvalue weighted by Gasteiger charge is -2.26. The molecule has 0 fully saturated rings. The van der Waals surface area contributed by atoms with Crippen molar-refractivity contribution in [1.29, 1.82) is 0 Å². The number of likely N-dealkylation sites (N-methyl/N-ethyl adjacent to an activating group) is 1. The largest absolute Gasteiger partial charge is 0.370 e. The fourth-order valence-corrected chi connectivity index (χ4v) is 3.29. The number of carbonyl (C=O) groups is 2. The molecule has 0 radical (unpaired) electrons. The molecule has 3 heterocycles. The summed E-state index contributed by atoms with van der Waals surface area (Å²) in [6.45, 7) is 4.49. The highest BCUT2D eigenvalue weighted by atomic mass is 16.2. The molecular weight excluding hydrogens is 356 g/mol. The number of fused-ring (bicyclic) bond motifs is 2. The Balaban J connectivity index is 1.79. The maximum absolute atomic E-state index is 13.1. The van der Waals surface area contributed by atoms with Gasteiger partial charge in [0.25, 0.3) is 5.91 Å². The van der Waals surface area contributed by atoms with E-state index in [0.29, 0.717) is 25.3 Å². The van der Waals surface area contributed by atoms with E-state index in [1.807, 2.05) is 25.1 Å². The lowest BCUT2D eigenvalue weighted by molar-refractivity contribution is -0.130. The van der Waals surface area contributed by atoms with E-state index in [1.54, 1.807) is 33.8 Å². The Morgan fingerprint density at radius 3 is 2.89 bits per heavy atom. The van der Waals surface area contributed by atoms with Crippen LogP contribution in [-0.4, -0.2) is 69.6 Å². The second kappa shape index (κ2) is 9.34. The maximum Gasteiger partial charge on any atom is 0.272 e. The minimum Gasteiger partial charge on any atom is -0.370 e. The molecule has 0 aliphatic carbocycles. The van der Waals surface area contributed by atoms with E-state index in [1.165, 1.54) is 0 Å². The highest BCUT2D eigenvalue weighted by Crippen LogP contribution is 2.11. The van der Waals surface area contributed by atoms with E-state index in [2.05, 4.69) is 15.4 Å². The van der Waals surface area contributed by atoms with Crippen molar-refractivity contribution in [3.63, 3.8) is 0 Å². The fourth-order valence-electron chi connectivity index (χ4n) is 3.29. The first-order valence-electron chi connectivity index (χ1n) is 9.83. The Morgan fingerprint density at radius 2 is 2.07 bits per heavy atom. The summed E-state index contributed by atoms with van der Waals surface area (Å²) in [5, 5.41) is 7.49. The Bertz CT molecular complexity index is 819. The molecule has 2 aromatic rings. The topological polar surface area (TPSA) is 83.4 Å². The van der Waals surface area contributed by atoms with Crippen LogP contribution in [0.2, 0.25) is 0 Å². The standard InChI is InChI=1S/C20H28N6O2/c1-3-26-17(10-12-22-26)20(28)25-14-5-8-16-7-4-9-18(23-16)21-11-6-13-24(2)19(27)15-25/h4,7,9-10,12H,3,5-6,8,11,13-15H2,1-2H3,(H,21,23). The van der Waals surface area contributed by atoms with E-state index >= 15 is 0 Å². The van der Waals surface area contributed by atoms with Crippen molar-refractivity contribution >= 4 is 17.6 Å². The summed E-state index contributed by atoms with van der Waals surface area (Å²) < 4.78 is 1.67. The van der Waals surface area contributed by atoms with Crippen molar-refractivity contribution in [2.24, 2.45) is 0 Å². The van der Waals surface area contributed by atoms with Gasteiger partial charge in [0.05, 0.1) is 0 Å². The van der Waals surface area contributed by atoms with E-state index < -0.39 is 0 Å². The van der Waals surface area contributed by atoms with Crippen LogP contribution in [0.1, 0.15) is 35.9 Å². The normalized spacial score (nSPS) is 16.4. The van der Waals surface area contributed by atoms with Crippen LogP contribution < -0.4 is 5.32 Å². The molecule has 150 valence electrons. The molecule has 8 nitrogen and oxygen atoms in total. The Hall–Kier alpha value is -2.90. The van der Waals surface area contributed by atoms with Gasteiger partial charge in [-0.3, -0.25) is 14.3 Å². The van der Waals surface area contributed by atoms with Crippen molar-refractivity contribution in [1.82, 2.24) is 24.6 Å². The zero-order valence-electron chi connectivity index (χ0n) is 16.6. The molecule has 1 aliphatic rings. The minimum atomic E-state index is -0.156. The summed E-state index contributed by atoms with van der Waals surface area (Å²) in [7, 11) is 1.78. The van der Waals surface area contributed by atoms with Crippen LogP contribution in [0, 0.1) is 0 Å². The highest BCUT2D eigenvalue weighted by molar-refractivity contribution is 5.95. The second-order valence-corrected chi connectivity index (χ2v) is 6.97. The third kappa shape index (κ3) is 4.88. The average Bonchev–Trinajstić information content (AvgIpc) is 3.18. The zero-order chi connectivity index (χ0) is 19.9. The summed E-state index contributed by atoms with van der Waals surface area (Å²) >= 11 is 0. The van der Waals surface area contributed by atoms with Crippen LogP contribution in [0.3, 0.4) is 0 Å². The number of nitrogens with one attached hydrogen (secondary N) is 1. The number of carbonyl (C=O) groups excluding carboxylic acids is 2. The first-order chi connectivity index (χ1) is 13.6. The summed E-state index contributed by atoms with van der Waals surface area (Å²) in [6.07, 6.45) is 3.91. The molecular formula is C20H28N6O2. The number of anilines is 1. The third-order valence-corrected chi connectivity index (χ3v) is 4.92. The number of aromatic nitrogens is 3. The monoisotopic (exact) mass is 384 g/mol. The van der Waals surface area contributed by atoms with Gasteiger partial charge in [-0.1, -0.05) is 6.07 Å². The van der Waals surface area contributed by atoms with Crippen molar-refractivity contribution in [2.45, 2.75) is 32.7 Å². The second-order valence-electron chi connectivity index (χ2n) is 6.97. The van der Waals surface area contributed by atoms with Crippen LogP contribution in [0.25, 0.3) is 0 Å². The van der Waals surface area contributed by atoms with Gasteiger partial charge in [0.2, 0.25) is 5.91 Å². The van der Waals surface area contributed by atoms with Gasteiger partial charge in [0.15, 0.2) is 0 Å². The lowest BCUT2D eigenvalue weighted by atomic mass is 10.2. The van der Waals surface area contributed by atoms with Crippen molar-refractivity contribution in [2.75, 3.05) is 38.5 Å². The molecule has 2 bridgehead atoms. The fraction of sp³-hybridized carbons (Fsp3) is 0.500. The predicted octanol–water partition coefficient (Wildman–Crippen LogP) is 1.65. The number of rotatable bonds is 2. The van der Waals surface area contributed by atoms with E-state index in [-0.39, 0.29) is 18.4 Å². The molecule has 0 spiro atoms. The van der Waals surface area contributed by atoms with E-state index in [0.717, 1.165) is 37.3 Å². The van der Waals surface area contributed by atoms with Gasteiger partial charge >= 0.3 is 0 Å². The van der Waals surface area contributed by atoms with Crippen molar-refractivity contribution in [3.8, 4) is 0 Å². The van der Waals surface area contributed by atoms with E-state index in [4.69, 9.17) is 0 Å². The maximum atomic E-state index is 13.1. The quantitative estimate of drug-likeness (QED) is 0.851. The molecule has 2 aromatic heterocycles. The SMILES string of the molecule is CCn1nccc1C(=O)N1CCCc2cccc(n2)NCCCN(C)C(=O)C1. The number of pyridine rings is 1. The Labute approximate surface area is 165 Å². The van der Waals surface area contributed by atoms with Crippen LogP contribution in [0.4, 0.5) is 5.82 Å². The molecule has 0 saturated carbocycles. The van der Waals surface area contributed by atoms with Crippen molar-refractivity contribution < 1.29 is 9.59 Å².